The fourth-order valence-electron chi connectivity index (χ4n) is 5.02. The highest BCUT2D eigenvalue weighted by Crippen LogP contribution is 2.23. The predicted octanol–water partition coefficient (Wildman–Crippen LogP) is 3.67. The van der Waals surface area contributed by atoms with Gasteiger partial charge in [-0.3, -0.25) is 14.2 Å². The molecule has 4 heterocycles. The second kappa shape index (κ2) is 9.46. The summed E-state index contributed by atoms with van der Waals surface area (Å²) in [5.74, 6) is 0.853. The van der Waals surface area contributed by atoms with Crippen LogP contribution >= 0.6 is 0 Å². The number of nitrogens with zero attached hydrogens (tertiary/aromatic N) is 5. The largest absolute Gasteiger partial charge is 0.497 e. The van der Waals surface area contributed by atoms with Crippen molar-refractivity contribution in [2.75, 3.05) is 38.2 Å². The topological polar surface area (TPSA) is 72.1 Å². The Balaban J connectivity index is 1.17. The number of benzene rings is 2. The lowest BCUT2D eigenvalue weighted by Crippen LogP contribution is -2.48. The summed E-state index contributed by atoms with van der Waals surface area (Å²) in [7, 11) is 1.67. The van der Waals surface area contributed by atoms with Crippen LogP contribution in [0.3, 0.4) is 0 Å². The Hall–Kier alpha value is -4.59. The zero-order chi connectivity index (χ0) is 25.4. The quantitative estimate of drug-likeness (QED) is 0.374. The van der Waals surface area contributed by atoms with Crippen LogP contribution in [0.15, 0.2) is 90.0 Å². The molecule has 3 aromatic heterocycles. The lowest BCUT2D eigenvalue weighted by molar-refractivity contribution is 0.0746. The van der Waals surface area contributed by atoms with E-state index in [2.05, 4.69) is 16.0 Å². The number of methoxy groups -OCH3 is 1. The number of aromatic nitrogens is 3. The van der Waals surface area contributed by atoms with Gasteiger partial charge < -0.3 is 18.9 Å². The summed E-state index contributed by atoms with van der Waals surface area (Å²) in [6.07, 6.45) is 3.57. The molecule has 1 aliphatic rings. The third-order valence-corrected chi connectivity index (χ3v) is 7.02. The van der Waals surface area contributed by atoms with Gasteiger partial charge in [0.15, 0.2) is 5.65 Å². The molecule has 0 spiro atoms. The lowest BCUT2D eigenvalue weighted by Gasteiger charge is -2.36. The molecule has 0 saturated carbocycles. The zero-order valence-corrected chi connectivity index (χ0v) is 20.6. The first-order valence-corrected chi connectivity index (χ1v) is 12.3. The molecular formula is C29H27N5O3. The van der Waals surface area contributed by atoms with Gasteiger partial charge >= 0.3 is 0 Å². The van der Waals surface area contributed by atoms with Crippen LogP contribution in [0, 0.1) is 0 Å². The smallest absolute Gasteiger partial charge is 0.276 e. The second-order valence-electron chi connectivity index (χ2n) is 9.18. The number of carbonyl (C=O) groups is 1. The van der Waals surface area contributed by atoms with Gasteiger partial charge in [-0.2, -0.15) is 0 Å². The standard InChI is InChI=1S/C29H27N5O3/c1-37-24-6-2-5-23(19-24)31-15-17-32(18-16-31)28(35)22-11-9-21(10-12-22)20-34-27-25(7-3-13-30-27)33-14-4-8-26(33)29(34)36/h2-14,19H,15-18,20H2,1H3. The number of ether oxygens (including phenoxy) is 1. The van der Waals surface area contributed by atoms with Crippen molar-refractivity contribution in [3.05, 3.63) is 107 Å². The minimum Gasteiger partial charge on any atom is -0.497 e. The second-order valence-corrected chi connectivity index (χ2v) is 9.18. The van der Waals surface area contributed by atoms with Crippen LogP contribution in [0.5, 0.6) is 5.75 Å². The van der Waals surface area contributed by atoms with Crippen molar-refractivity contribution in [2.45, 2.75) is 6.54 Å². The summed E-state index contributed by atoms with van der Waals surface area (Å²) >= 11 is 0. The number of carbonyl (C=O) groups excluding carboxylic acids is 1. The molecule has 2 aromatic carbocycles. The van der Waals surface area contributed by atoms with Gasteiger partial charge in [0, 0.05) is 55.9 Å². The highest BCUT2D eigenvalue weighted by Gasteiger charge is 2.22. The van der Waals surface area contributed by atoms with Crippen molar-refractivity contribution in [3.63, 3.8) is 0 Å². The Morgan fingerprint density at radius 3 is 2.49 bits per heavy atom. The highest BCUT2D eigenvalue weighted by molar-refractivity contribution is 5.94. The van der Waals surface area contributed by atoms with Gasteiger partial charge in [0.1, 0.15) is 11.3 Å². The first-order valence-electron chi connectivity index (χ1n) is 12.3. The highest BCUT2D eigenvalue weighted by atomic mass is 16.5. The summed E-state index contributed by atoms with van der Waals surface area (Å²) in [6.45, 7) is 3.22. The SMILES string of the molecule is COc1cccc(N2CCN(C(=O)c3ccc(Cn4c(=O)c5cccn5c5cccnc54)cc3)CC2)c1. The van der Waals surface area contributed by atoms with Gasteiger partial charge in [-0.15, -0.1) is 0 Å². The molecule has 0 bridgehead atoms. The average Bonchev–Trinajstić information content (AvgIpc) is 3.46. The Bertz CT molecular complexity index is 1650. The summed E-state index contributed by atoms with van der Waals surface area (Å²) in [5.41, 5.74) is 4.71. The Labute approximate surface area is 213 Å². The maximum absolute atomic E-state index is 13.2. The molecule has 8 heteroatoms. The first-order chi connectivity index (χ1) is 18.1. The number of fused-ring (bicyclic) bond motifs is 3. The van der Waals surface area contributed by atoms with Gasteiger partial charge in [0.05, 0.1) is 19.2 Å². The maximum atomic E-state index is 13.2. The number of hydrogen-bond donors (Lipinski definition) is 0. The van der Waals surface area contributed by atoms with E-state index < -0.39 is 0 Å². The van der Waals surface area contributed by atoms with Crippen LogP contribution in [-0.2, 0) is 6.54 Å². The molecule has 8 nitrogen and oxygen atoms in total. The zero-order valence-electron chi connectivity index (χ0n) is 20.6. The van der Waals surface area contributed by atoms with E-state index in [1.165, 1.54) is 0 Å². The molecule has 5 aromatic rings. The van der Waals surface area contributed by atoms with Gasteiger partial charge in [0.2, 0.25) is 0 Å². The number of piperazine rings is 1. The van der Waals surface area contributed by atoms with Crippen LogP contribution in [0.2, 0.25) is 0 Å². The predicted molar refractivity (Wildman–Crippen MR) is 144 cm³/mol. The Morgan fingerprint density at radius 1 is 0.919 bits per heavy atom. The average molecular weight is 494 g/mol. The van der Waals surface area contributed by atoms with Crippen LogP contribution in [0.4, 0.5) is 5.69 Å². The number of anilines is 1. The molecule has 1 saturated heterocycles. The normalized spacial score (nSPS) is 13.9. The van der Waals surface area contributed by atoms with Gasteiger partial charge in [-0.1, -0.05) is 18.2 Å². The molecule has 37 heavy (non-hydrogen) atoms. The summed E-state index contributed by atoms with van der Waals surface area (Å²) in [5, 5.41) is 0. The van der Waals surface area contributed by atoms with Gasteiger partial charge in [0.25, 0.3) is 11.5 Å². The number of hydrogen-bond acceptors (Lipinski definition) is 5. The minimum atomic E-state index is -0.0924. The van der Waals surface area contributed by atoms with Gasteiger partial charge in [-0.25, -0.2) is 4.98 Å². The van der Waals surface area contributed by atoms with E-state index >= 15 is 0 Å². The van der Waals surface area contributed by atoms with Crippen molar-refractivity contribution in [3.8, 4) is 5.75 Å². The molecule has 1 amide bonds. The fourth-order valence-corrected chi connectivity index (χ4v) is 5.02. The molecule has 186 valence electrons. The van der Waals surface area contributed by atoms with E-state index in [0.29, 0.717) is 36.4 Å². The van der Waals surface area contributed by atoms with E-state index in [1.54, 1.807) is 17.9 Å². The van der Waals surface area contributed by atoms with Crippen molar-refractivity contribution in [1.29, 1.82) is 0 Å². The van der Waals surface area contributed by atoms with Crippen LogP contribution < -0.4 is 15.2 Å². The number of rotatable bonds is 5. The summed E-state index contributed by atoms with van der Waals surface area (Å²) in [4.78, 5) is 35.0. The van der Waals surface area contributed by atoms with Crippen LogP contribution in [-0.4, -0.2) is 58.0 Å². The van der Waals surface area contributed by atoms with Gasteiger partial charge in [-0.05, 0) is 54.1 Å². The maximum Gasteiger partial charge on any atom is 0.276 e. The Kier molecular flexibility index (Phi) is 5.84. The monoisotopic (exact) mass is 493 g/mol. The molecule has 0 aliphatic carbocycles. The van der Waals surface area contributed by atoms with Crippen molar-refractivity contribution in [2.24, 2.45) is 0 Å². The van der Waals surface area contributed by atoms with E-state index in [9.17, 15) is 9.59 Å². The molecule has 1 aliphatic heterocycles. The molecular weight excluding hydrogens is 466 g/mol. The van der Waals surface area contributed by atoms with E-state index in [1.807, 2.05) is 82.2 Å². The molecule has 0 unspecified atom stereocenters. The molecule has 0 radical (unpaired) electrons. The Morgan fingerprint density at radius 2 is 1.70 bits per heavy atom. The lowest BCUT2D eigenvalue weighted by atomic mass is 10.1. The van der Waals surface area contributed by atoms with E-state index in [0.717, 1.165) is 35.6 Å². The number of pyridine rings is 1. The van der Waals surface area contributed by atoms with Crippen LogP contribution in [0.25, 0.3) is 16.7 Å². The van der Waals surface area contributed by atoms with Crippen LogP contribution in [0.1, 0.15) is 15.9 Å². The van der Waals surface area contributed by atoms with Crippen molar-refractivity contribution < 1.29 is 9.53 Å². The van der Waals surface area contributed by atoms with Crippen molar-refractivity contribution in [1.82, 2.24) is 18.9 Å². The fraction of sp³-hybridized carbons (Fsp3) is 0.207. The number of amides is 1. The minimum absolute atomic E-state index is 0.0238. The summed E-state index contributed by atoms with van der Waals surface area (Å²) in [6, 6.07) is 23.1. The molecule has 0 N–H and O–H groups in total. The van der Waals surface area contributed by atoms with E-state index in [4.69, 9.17) is 4.74 Å². The first kappa shape index (κ1) is 22.8. The molecule has 1 fully saturated rings. The summed E-state index contributed by atoms with van der Waals surface area (Å²) < 4.78 is 8.90. The third kappa shape index (κ3) is 4.20. The molecule has 6 rings (SSSR count). The van der Waals surface area contributed by atoms with Crippen molar-refractivity contribution >= 4 is 28.3 Å². The third-order valence-electron chi connectivity index (χ3n) is 7.02. The molecule has 0 atom stereocenters. The van der Waals surface area contributed by atoms with E-state index in [-0.39, 0.29) is 11.5 Å².